The van der Waals surface area contributed by atoms with Crippen LogP contribution in [0.15, 0.2) is 30.3 Å². The molecule has 0 unspecified atom stereocenters. The fraction of sp³-hybridized carbons (Fsp3) is 0.632. The molecule has 3 N–H and O–H groups in total. The van der Waals surface area contributed by atoms with Gasteiger partial charge in [0.1, 0.15) is 5.60 Å². The first kappa shape index (κ1) is 20.5. The molecule has 0 aromatic heterocycles. The summed E-state index contributed by atoms with van der Waals surface area (Å²) in [6, 6.07) is 10.4. The van der Waals surface area contributed by atoms with Gasteiger partial charge in [0.05, 0.1) is 12.7 Å². The smallest absolute Gasteiger partial charge is 0.407 e. The van der Waals surface area contributed by atoms with Crippen molar-refractivity contribution in [2.45, 2.75) is 64.8 Å². The van der Waals surface area contributed by atoms with Crippen molar-refractivity contribution in [3.63, 3.8) is 0 Å². The second kappa shape index (κ2) is 11.0. The van der Waals surface area contributed by atoms with Crippen molar-refractivity contribution < 1.29 is 14.3 Å². The zero-order valence-corrected chi connectivity index (χ0v) is 15.2. The van der Waals surface area contributed by atoms with E-state index in [0.29, 0.717) is 19.2 Å². The molecular weight excluding hydrogens is 304 g/mol. The van der Waals surface area contributed by atoms with Crippen molar-refractivity contribution in [2.75, 3.05) is 13.1 Å². The minimum atomic E-state index is -0.424. The number of benzene rings is 1. The Bertz CT molecular complexity index is 453. The molecule has 1 amide bonds. The standard InChI is InChI=1S/C11H14O.C8H18N2O2/c1-2-5-10(6-3-1)9-12-11-7-4-8-11;1-8(2,3)12-7(11)10-6-4-5-9/h1-3,5-6,11H,4,7-9H2;4-6,9H2,1-3H3,(H,10,11). The molecule has 1 aliphatic carbocycles. The van der Waals surface area contributed by atoms with E-state index in [9.17, 15) is 4.79 Å². The largest absolute Gasteiger partial charge is 0.444 e. The second-order valence-electron chi connectivity index (χ2n) is 6.92. The van der Waals surface area contributed by atoms with E-state index in [1.165, 1.54) is 24.8 Å². The Morgan fingerprint density at radius 3 is 2.42 bits per heavy atom. The van der Waals surface area contributed by atoms with E-state index in [-0.39, 0.29) is 6.09 Å². The Balaban J connectivity index is 0.000000240. The molecule has 5 nitrogen and oxygen atoms in total. The highest BCUT2D eigenvalue weighted by atomic mass is 16.6. The van der Waals surface area contributed by atoms with Gasteiger partial charge < -0.3 is 20.5 Å². The van der Waals surface area contributed by atoms with Gasteiger partial charge in [0.25, 0.3) is 0 Å². The van der Waals surface area contributed by atoms with Crippen molar-refractivity contribution in [1.29, 1.82) is 0 Å². The molecule has 1 aromatic rings. The molecule has 5 heteroatoms. The molecular formula is C19H32N2O3. The van der Waals surface area contributed by atoms with Crippen LogP contribution in [-0.2, 0) is 16.1 Å². The Morgan fingerprint density at radius 2 is 1.92 bits per heavy atom. The molecule has 0 aliphatic heterocycles. The summed E-state index contributed by atoms with van der Waals surface area (Å²) in [7, 11) is 0. The van der Waals surface area contributed by atoms with Crippen LogP contribution in [0, 0.1) is 0 Å². The van der Waals surface area contributed by atoms with Gasteiger partial charge in [-0.05, 0) is 58.6 Å². The van der Waals surface area contributed by atoms with E-state index >= 15 is 0 Å². The molecule has 0 saturated heterocycles. The van der Waals surface area contributed by atoms with Crippen LogP contribution in [0.1, 0.15) is 52.0 Å². The number of rotatable bonds is 6. The third-order valence-electron chi connectivity index (χ3n) is 3.43. The maximum absolute atomic E-state index is 11.0. The van der Waals surface area contributed by atoms with Gasteiger partial charge in [0.2, 0.25) is 0 Å². The van der Waals surface area contributed by atoms with Crippen LogP contribution in [0.25, 0.3) is 0 Å². The molecule has 0 spiro atoms. The van der Waals surface area contributed by atoms with Gasteiger partial charge in [-0.3, -0.25) is 0 Å². The topological polar surface area (TPSA) is 73.6 Å². The summed E-state index contributed by atoms with van der Waals surface area (Å²) < 4.78 is 10.7. The van der Waals surface area contributed by atoms with Crippen molar-refractivity contribution in [3.8, 4) is 0 Å². The maximum atomic E-state index is 11.0. The Labute approximate surface area is 145 Å². The van der Waals surface area contributed by atoms with E-state index < -0.39 is 5.60 Å². The monoisotopic (exact) mass is 336 g/mol. The fourth-order valence-corrected chi connectivity index (χ4v) is 1.93. The predicted molar refractivity (Wildman–Crippen MR) is 96.8 cm³/mol. The number of alkyl carbamates (subject to hydrolysis) is 1. The molecule has 1 aromatic carbocycles. The summed E-state index contributed by atoms with van der Waals surface area (Å²) in [5.41, 5.74) is 6.11. The van der Waals surface area contributed by atoms with Crippen LogP contribution in [0.5, 0.6) is 0 Å². The van der Waals surface area contributed by atoms with Crippen molar-refractivity contribution in [2.24, 2.45) is 5.73 Å². The van der Waals surface area contributed by atoms with Gasteiger partial charge in [-0.15, -0.1) is 0 Å². The predicted octanol–water partition coefficient (Wildman–Crippen LogP) is 3.62. The zero-order valence-electron chi connectivity index (χ0n) is 15.2. The average Bonchev–Trinajstić information content (AvgIpc) is 2.46. The lowest BCUT2D eigenvalue weighted by Crippen LogP contribution is -2.33. The number of hydrogen-bond donors (Lipinski definition) is 2. The van der Waals surface area contributed by atoms with E-state index in [1.807, 2.05) is 26.8 Å². The van der Waals surface area contributed by atoms with Crippen LogP contribution in [0.2, 0.25) is 0 Å². The fourth-order valence-electron chi connectivity index (χ4n) is 1.93. The van der Waals surface area contributed by atoms with E-state index in [1.54, 1.807) is 0 Å². The van der Waals surface area contributed by atoms with Gasteiger partial charge in [0, 0.05) is 6.54 Å². The second-order valence-corrected chi connectivity index (χ2v) is 6.92. The highest BCUT2D eigenvalue weighted by molar-refractivity contribution is 5.67. The first-order valence-electron chi connectivity index (χ1n) is 8.73. The average molecular weight is 336 g/mol. The summed E-state index contributed by atoms with van der Waals surface area (Å²) in [6.45, 7) is 7.42. The van der Waals surface area contributed by atoms with Gasteiger partial charge in [0.15, 0.2) is 0 Å². The lowest BCUT2D eigenvalue weighted by Gasteiger charge is -2.25. The zero-order chi connectivity index (χ0) is 17.8. The molecule has 0 bridgehead atoms. The highest BCUT2D eigenvalue weighted by Crippen LogP contribution is 2.22. The lowest BCUT2D eigenvalue weighted by molar-refractivity contribution is -0.00866. The minimum absolute atomic E-state index is 0.379. The maximum Gasteiger partial charge on any atom is 0.407 e. The molecule has 0 atom stereocenters. The normalized spacial score (nSPS) is 14.2. The SMILES string of the molecule is CC(C)(C)OC(=O)NCCCN.c1ccc(COC2CCC2)cc1. The number of carbonyl (C=O) groups excluding carboxylic acids is 1. The number of nitrogens with one attached hydrogen (secondary N) is 1. The molecule has 0 radical (unpaired) electrons. The first-order chi connectivity index (χ1) is 11.4. The molecule has 1 fully saturated rings. The van der Waals surface area contributed by atoms with E-state index in [2.05, 4.69) is 29.6 Å². The summed E-state index contributed by atoms with van der Waals surface area (Å²) in [5, 5.41) is 2.60. The summed E-state index contributed by atoms with van der Waals surface area (Å²) in [5.74, 6) is 0. The molecule has 2 rings (SSSR count). The van der Waals surface area contributed by atoms with E-state index in [0.717, 1.165) is 13.0 Å². The number of ether oxygens (including phenoxy) is 2. The summed E-state index contributed by atoms with van der Waals surface area (Å²) in [6.07, 6.45) is 4.81. The van der Waals surface area contributed by atoms with Crippen molar-refractivity contribution in [1.82, 2.24) is 5.32 Å². The minimum Gasteiger partial charge on any atom is -0.444 e. The van der Waals surface area contributed by atoms with Gasteiger partial charge in [-0.2, -0.15) is 0 Å². The van der Waals surface area contributed by atoms with Crippen molar-refractivity contribution >= 4 is 6.09 Å². The van der Waals surface area contributed by atoms with Crippen LogP contribution >= 0.6 is 0 Å². The number of hydrogen-bond acceptors (Lipinski definition) is 4. The molecule has 136 valence electrons. The Kier molecular flexibility index (Phi) is 9.42. The van der Waals surface area contributed by atoms with Crippen LogP contribution in [-0.4, -0.2) is 30.9 Å². The van der Waals surface area contributed by atoms with Gasteiger partial charge in [-0.25, -0.2) is 4.79 Å². The number of nitrogens with two attached hydrogens (primary N) is 1. The Morgan fingerprint density at radius 1 is 1.25 bits per heavy atom. The third kappa shape index (κ3) is 10.2. The first-order valence-corrected chi connectivity index (χ1v) is 8.73. The van der Waals surface area contributed by atoms with Crippen LogP contribution < -0.4 is 11.1 Å². The quantitative estimate of drug-likeness (QED) is 0.778. The number of carbonyl (C=O) groups is 1. The summed E-state index contributed by atoms with van der Waals surface area (Å²) >= 11 is 0. The van der Waals surface area contributed by atoms with Gasteiger partial charge in [-0.1, -0.05) is 30.3 Å². The van der Waals surface area contributed by atoms with Gasteiger partial charge >= 0.3 is 6.09 Å². The third-order valence-corrected chi connectivity index (χ3v) is 3.43. The highest BCUT2D eigenvalue weighted by Gasteiger charge is 2.17. The van der Waals surface area contributed by atoms with Crippen LogP contribution in [0.4, 0.5) is 4.79 Å². The Hall–Kier alpha value is -1.59. The lowest BCUT2D eigenvalue weighted by atomic mass is 9.96. The molecule has 24 heavy (non-hydrogen) atoms. The molecule has 1 saturated carbocycles. The molecule has 1 aliphatic rings. The van der Waals surface area contributed by atoms with Crippen molar-refractivity contribution in [3.05, 3.63) is 35.9 Å². The summed E-state index contributed by atoms with van der Waals surface area (Å²) in [4.78, 5) is 11.0. The number of amides is 1. The van der Waals surface area contributed by atoms with Crippen LogP contribution in [0.3, 0.4) is 0 Å². The van der Waals surface area contributed by atoms with E-state index in [4.69, 9.17) is 15.2 Å². The molecule has 0 heterocycles.